The molecule has 1 N–H and O–H groups in total. The molecular formula is C20H19ClN6O. The summed E-state index contributed by atoms with van der Waals surface area (Å²) in [5.41, 5.74) is 1.15. The lowest BCUT2D eigenvalue weighted by Gasteiger charge is -2.35. The number of carbonyl (C=O) groups is 1. The maximum Gasteiger partial charge on any atom is 0.255 e. The number of hydrogen-bond donors (Lipinski definition) is 1. The normalized spacial score (nSPS) is 14.0. The molecule has 0 atom stereocenters. The minimum absolute atomic E-state index is 0.214. The van der Waals surface area contributed by atoms with Gasteiger partial charge in [-0.15, -0.1) is 0 Å². The molecule has 1 aromatic carbocycles. The molecule has 0 unspecified atom stereocenters. The average molecular weight is 395 g/mol. The highest BCUT2D eigenvalue weighted by atomic mass is 35.5. The van der Waals surface area contributed by atoms with E-state index in [1.165, 1.54) is 0 Å². The van der Waals surface area contributed by atoms with Gasteiger partial charge in [-0.25, -0.2) is 15.0 Å². The lowest BCUT2D eigenvalue weighted by molar-refractivity contribution is 0.102. The van der Waals surface area contributed by atoms with Crippen LogP contribution in [0.3, 0.4) is 0 Å². The van der Waals surface area contributed by atoms with Crippen LogP contribution in [0.15, 0.2) is 61.1 Å². The highest BCUT2D eigenvalue weighted by Crippen LogP contribution is 2.19. The van der Waals surface area contributed by atoms with E-state index in [1.807, 2.05) is 18.2 Å². The van der Waals surface area contributed by atoms with Gasteiger partial charge in [0.2, 0.25) is 5.95 Å². The Balaban J connectivity index is 1.35. The molecule has 2 aromatic heterocycles. The fourth-order valence-corrected chi connectivity index (χ4v) is 3.26. The zero-order valence-electron chi connectivity index (χ0n) is 15.1. The Kier molecular flexibility index (Phi) is 5.34. The lowest BCUT2D eigenvalue weighted by Crippen LogP contribution is -2.47. The third-order valence-corrected chi connectivity index (χ3v) is 4.77. The van der Waals surface area contributed by atoms with Crippen LogP contribution in [0.2, 0.25) is 5.02 Å². The van der Waals surface area contributed by atoms with Crippen molar-refractivity contribution in [1.29, 1.82) is 0 Å². The van der Waals surface area contributed by atoms with E-state index in [2.05, 4.69) is 30.1 Å². The zero-order chi connectivity index (χ0) is 19.3. The maximum absolute atomic E-state index is 12.3. The van der Waals surface area contributed by atoms with Crippen LogP contribution in [0.5, 0.6) is 0 Å². The summed E-state index contributed by atoms with van der Waals surface area (Å²) in [6.45, 7) is 3.33. The first kappa shape index (κ1) is 18.2. The smallest absolute Gasteiger partial charge is 0.255 e. The van der Waals surface area contributed by atoms with Crippen molar-refractivity contribution >= 4 is 35.0 Å². The molecule has 4 rings (SSSR count). The molecule has 1 aliphatic heterocycles. The monoisotopic (exact) mass is 394 g/mol. The van der Waals surface area contributed by atoms with Gasteiger partial charge in [0.25, 0.3) is 5.91 Å². The van der Waals surface area contributed by atoms with Gasteiger partial charge in [0.15, 0.2) is 0 Å². The standard InChI is InChI=1S/C20H19ClN6O/c21-16-4-1-3-15(13-16)19(28)25-17-5-6-18(24-14-17)26-9-11-27(12-10-26)20-22-7-2-8-23-20/h1-8,13-14H,9-12H2,(H,25,28). The van der Waals surface area contributed by atoms with E-state index in [-0.39, 0.29) is 5.91 Å². The van der Waals surface area contributed by atoms with Gasteiger partial charge in [0, 0.05) is 49.2 Å². The predicted octanol–water partition coefficient (Wildman–Crippen LogP) is 3.10. The summed E-state index contributed by atoms with van der Waals surface area (Å²) in [7, 11) is 0. The number of halogens is 1. The van der Waals surface area contributed by atoms with Crippen molar-refractivity contribution < 1.29 is 4.79 Å². The van der Waals surface area contributed by atoms with E-state index < -0.39 is 0 Å². The Bertz CT molecular complexity index is 942. The van der Waals surface area contributed by atoms with E-state index >= 15 is 0 Å². The number of nitrogens with one attached hydrogen (secondary N) is 1. The van der Waals surface area contributed by atoms with Gasteiger partial charge in [-0.3, -0.25) is 4.79 Å². The molecule has 28 heavy (non-hydrogen) atoms. The van der Waals surface area contributed by atoms with Crippen molar-refractivity contribution in [3.05, 3.63) is 71.6 Å². The second kappa shape index (κ2) is 8.22. The topological polar surface area (TPSA) is 74.2 Å². The summed E-state index contributed by atoms with van der Waals surface area (Å²) >= 11 is 5.94. The van der Waals surface area contributed by atoms with Crippen LogP contribution in [0.25, 0.3) is 0 Å². The molecule has 0 saturated carbocycles. The van der Waals surface area contributed by atoms with Crippen molar-refractivity contribution in [3.63, 3.8) is 0 Å². The van der Waals surface area contributed by atoms with Crippen LogP contribution in [-0.2, 0) is 0 Å². The molecular weight excluding hydrogens is 376 g/mol. The zero-order valence-corrected chi connectivity index (χ0v) is 15.9. The summed E-state index contributed by atoms with van der Waals surface area (Å²) in [6.07, 6.45) is 5.18. The number of benzene rings is 1. The minimum Gasteiger partial charge on any atom is -0.353 e. The van der Waals surface area contributed by atoms with Gasteiger partial charge >= 0.3 is 0 Å². The largest absolute Gasteiger partial charge is 0.353 e. The average Bonchev–Trinajstić information content (AvgIpc) is 2.75. The number of anilines is 3. The molecule has 1 fully saturated rings. The molecule has 7 nitrogen and oxygen atoms in total. The Morgan fingerprint density at radius 3 is 2.36 bits per heavy atom. The number of aromatic nitrogens is 3. The van der Waals surface area contributed by atoms with Gasteiger partial charge in [0.1, 0.15) is 5.82 Å². The number of pyridine rings is 1. The van der Waals surface area contributed by atoms with Gasteiger partial charge < -0.3 is 15.1 Å². The summed E-state index contributed by atoms with van der Waals surface area (Å²) in [6, 6.07) is 12.4. The highest BCUT2D eigenvalue weighted by Gasteiger charge is 2.19. The molecule has 3 aromatic rings. The van der Waals surface area contributed by atoms with E-state index in [4.69, 9.17) is 11.6 Å². The Labute approximate surface area is 168 Å². The number of nitrogens with zero attached hydrogens (tertiary/aromatic N) is 5. The fraction of sp³-hybridized carbons (Fsp3) is 0.200. The predicted molar refractivity (Wildman–Crippen MR) is 110 cm³/mol. The van der Waals surface area contributed by atoms with Crippen molar-refractivity contribution in [2.24, 2.45) is 0 Å². The molecule has 0 spiro atoms. The molecule has 0 radical (unpaired) electrons. The molecule has 0 bridgehead atoms. The third kappa shape index (κ3) is 4.20. The maximum atomic E-state index is 12.3. The van der Waals surface area contributed by atoms with E-state index in [0.717, 1.165) is 37.9 Å². The van der Waals surface area contributed by atoms with Crippen molar-refractivity contribution in [1.82, 2.24) is 15.0 Å². The van der Waals surface area contributed by atoms with Gasteiger partial charge in [0.05, 0.1) is 11.9 Å². The summed E-state index contributed by atoms with van der Waals surface area (Å²) < 4.78 is 0. The first-order chi connectivity index (χ1) is 13.7. The molecule has 1 aliphatic rings. The summed E-state index contributed by atoms with van der Waals surface area (Å²) in [4.78, 5) is 29.8. The van der Waals surface area contributed by atoms with Crippen LogP contribution in [0.4, 0.5) is 17.5 Å². The summed E-state index contributed by atoms with van der Waals surface area (Å²) in [5, 5.41) is 3.37. The SMILES string of the molecule is O=C(Nc1ccc(N2CCN(c3ncccn3)CC2)nc1)c1cccc(Cl)c1. The van der Waals surface area contributed by atoms with Crippen LogP contribution in [0, 0.1) is 0 Å². The number of amides is 1. The number of rotatable bonds is 4. The first-order valence-corrected chi connectivity index (χ1v) is 9.37. The van der Waals surface area contributed by atoms with Crippen molar-refractivity contribution in [2.45, 2.75) is 0 Å². The summed E-state index contributed by atoms with van der Waals surface area (Å²) in [5.74, 6) is 1.43. The van der Waals surface area contributed by atoms with Gasteiger partial charge in [-0.05, 0) is 36.4 Å². The Morgan fingerprint density at radius 2 is 1.68 bits per heavy atom. The van der Waals surface area contributed by atoms with Gasteiger partial charge in [-0.1, -0.05) is 17.7 Å². The molecule has 1 amide bonds. The van der Waals surface area contributed by atoms with Gasteiger partial charge in [-0.2, -0.15) is 0 Å². The number of carbonyl (C=O) groups excluding carboxylic acids is 1. The van der Waals surface area contributed by atoms with Crippen molar-refractivity contribution in [2.75, 3.05) is 41.3 Å². The molecule has 1 saturated heterocycles. The lowest BCUT2D eigenvalue weighted by atomic mass is 10.2. The second-order valence-electron chi connectivity index (χ2n) is 6.39. The second-order valence-corrected chi connectivity index (χ2v) is 6.83. The van der Waals surface area contributed by atoms with Crippen LogP contribution >= 0.6 is 11.6 Å². The number of hydrogen-bond acceptors (Lipinski definition) is 6. The quantitative estimate of drug-likeness (QED) is 0.733. The van der Waals surface area contributed by atoms with Crippen LogP contribution in [-0.4, -0.2) is 47.0 Å². The van der Waals surface area contributed by atoms with E-state index in [0.29, 0.717) is 16.3 Å². The highest BCUT2D eigenvalue weighted by molar-refractivity contribution is 6.31. The molecule has 0 aliphatic carbocycles. The van der Waals surface area contributed by atoms with E-state index in [9.17, 15) is 4.79 Å². The Hall–Kier alpha value is -3.19. The van der Waals surface area contributed by atoms with Crippen molar-refractivity contribution in [3.8, 4) is 0 Å². The molecule has 142 valence electrons. The number of piperazine rings is 1. The fourth-order valence-electron chi connectivity index (χ4n) is 3.07. The first-order valence-electron chi connectivity index (χ1n) is 8.99. The minimum atomic E-state index is -0.214. The molecule has 3 heterocycles. The molecule has 8 heteroatoms. The van der Waals surface area contributed by atoms with Crippen LogP contribution in [0.1, 0.15) is 10.4 Å². The van der Waals surface area contributed by atoms with E-state index in [1.54, 1.807) is 42.9 Å². The Morgan fingerprint density at radius 1 is 0.929 bits per heavy atom. The van der Waals surface area contributed by atoms with Crippen LogP contribution < -0.4 is 15.1 Å². The third-order valence-electron chi connectivity index (χ3n) is 4.53.